The minimum atomic E-state index is -4.36. The number of imidazole rings is 1. The van der Waals surface area contributed by atoms with Gasteiger partial charge in [-0.15, -0.1) is 0 Å². The molecule has 16 nitrogen and oxygen atoms in total. The van der Waals surface area contributed by atoms with Crippen LogP contribution in [0.15, 0.2) is 47.3 Å². The van der Waals surface area contributed by atoms with E-state index in [1.54, 1.807) is 21.2 Å². The van der Waals surface area contributed by atoms with Crippen molar-refractivity contribution in [3.05, 3.63) is 58.8 Å². The topological polar surface area (TPSA) is 193 Å². The predicted octanol–water partition coefficient (Wildman–Crippen LogP) is 2.03. The normalized spacial score (nSPS) is 21.0. The van der Waals surface area contributed by atoms with E-state index in [0.29, 0.717) is 34.7 Å². The van der Waals surface area contributed by atoms with Crippen LogP contribution >= 0.6 is 0 Å². The number of aryl methyl sites for hydroxylation is 1. The molecule has 1 aromatic heterocycles. The summed E-state index contributed by atoms with van der Waals surface area (Å²) in [6.45, 7) is 1.93. The zero-order valence-corrected chi connectivity index (χ0v) is 30.8. The van der Waals surface area contributed by atoms with E-state index in [1.165, 1.54) is 28.8 Å². The Balaban J connectivity index is 0.849. The molecule has 5 heterocycles. The fourth-order valence-corrected chi connectivity index (χ4v) is 9.71. The largest absolute Gasteiger partial charge is 0.506 e. The Kier molecular flexibility index (Phi) is 9.17. The zero-order chi connectivity index (χ0) is 38.8. The Morgan fingerprint density at radius 3 is 2.29 bits per heavy atom. The number of carbonyl (C=O) groups excluding carboxylic acids is 4. The summed E-state index contributed by atoms with van der Waals surface area (Å²) in [7, 11) is -2.67. The van der Waals surface area contributed by atoms with Gasteiger partial charge in [-0.25, -0.2) is 18.2 Å². The summed E-state index contributed by atoms with van der Waals surface area (Å²) in [4.78, 5) is 66.4. The number of hydrogen-bond acceptors (Lipinski definition) is 10. The molecule has 4 aliphatic heterocycles. The highest BCUT2D eigenvalue weighted by Crippen LogP contribution is 2.40. The number of phenolic OH excluding ortho intramolecular Hbond substituents is 1. The van der Waals surface area contributed by atoms with Crippen LogP contribution in [0, 0.1) is 17.7 Å². The van der Waals surface area contributed by atoms with E-state index < -0.39 is 51.9 Å². The first-order valence-corrected chi connectivity index (χ1v) is 19.7. The van der Waals surface area contributed by atoms with Crippen LogP contribution < -0.4 is 29.7 Å². The van der Waals surface area contributed by atoms with Crippen molar-refractivity contribution in [2.24, 2.45) is 18.9 Å². The van der Waals surface area contributed by atoms with E-state index in [4.69, 9.17) is 4.74 Å². The molecule has 4 amide bonds. The summed E-state index contributed by atoms with van der Waals surface area (Å²) in [5.74, 6) is -2.38. The number of phenols is 1. The highest BCUT2D eigenvalue weighted by molar-refractivity contribution is 7.92. The fourth-order valence-electron chi connectivity index (χ4n) is 8.54. The molecule has 0 aliphatic carbocycles. The number of likely N-dealkylation sites (tertiary alicyclic amines) is 1. The third kappa shape index (κ3) is 6.61. The van der Waals surface area contributed by atoms with Crippen molar-refractivity contribution < 1.29 is 41.8 Å². The van der Waals surface area contributed by atoms with Crippen LogP contribution in [0.2, 0.25) is 0 Å². The number of hydrogen-bond donors (Lipinski definition) is 3. The Bertz CT molecular complexity index is 2430. The number of benzene rings is 3. The number of aromatic hydroxyl groups is 1. The smallest absolute Gasteiger partial charge is 0.329 e. The van der Waals surface area contributed by atoms with Crippen LogP contribution in [-0.4, -0.2) is 90.5 Å². The number of anilines is 2. The summed E-state index contributed by atoms with van der Waals surface area (Å²) in [6.07, 6.45) is 4.17. The second-order valence-electron chi connectivity index (χ2n) is 14.7. The third-order valence-electron chi connectivity index (χ3n) is 11.5. The lowest BCUT2D eigenvalue weighted by Crippen LogP contribution is -2.44. The number of piperidine rings is 3. The predicted molar refractivity (Wildman–Crippen MR) is 198 cm³/mol. The number of ether oxygens (including phenoxy) is 1. The van der Waals surface area contributed by atoms with Crippen molar-refractivity contribution in [1.82, 2.24) is 24.1 Å². The molecule has 4 fully saturated rings. The standard InChI is InChI=1S/C37H40FN7O9S/c1-41-29-17-24(3-5-27(29)45(37(41)51)28-6-7-31(47)39-36(28)50)42-12-8-21(9-13-42)22-10-14-43(15-11-22)33(49)20-54-25-4-2-23-16-30(46)35(34(38)26(23)18-25)44-19-32(48)40-55(44,52)53/h2-5,16-18,21-22,28,46H,6-15,19-20H2,1H3,(H,40,48)(H,39,47,50). The molecule has 0 spiro atoms. The van der Waals surface area contributed by atoms with Crippen molar-refractivity contribution in [3.8, 4) is 11.5 Å². The molecule has 290 valence electrons. The molecule has 0 bridgehead atoms. The zero-order valence-electron chi connectivity index (χ0n) is 30.0. The van der Waals surface area contributed by atoms with Gasteiger partial charge in [0.05, 0.1) is 11.0 Å². The minimum Gasteiger partial charge on any atom is -0.506 e. The van der Waals surface area contributed by atoms with E-state index in [2.05, 4.69) is 10.2 Å². The SMILES string of the molecule is Cn1c(=O)n(C2CCC(=O)NC2=O)c2ccc(N3CCC(C4CCN(C(=O)COc5ccc6cc(O)c(N7CC(=O)NS7(=O)=O)c(F)c6c5)CC4)CC3)cc21. The molecule has 4 aliphatic rings. The first-order chi connectivity index (χ1) is 26.3. The van der Waals surface area contributed by atoms with Gasteiger partial charge in [-0.05, 0) is 85.7 Å². The lowest BCUT2D eigenvalue weighted by Gasteiger charge is -2.41. The van der Waals surface area contributed by atoms with Gasteiger partial charge >= 0.3 is 15.9 Å². The van der Waals surface area contributed by atoms with Crippen LogP contribution in [0.4, 0.5) is 15.8 Å². The minimum absolute atomic E-state index is 0.0470. The summed E-state index contributed by atoms with van der Waals surface area (Å²) in [5, 5.41) is 13.0. The molecular formula is C37H40FN7O9S. The molecular weight excluding hydrogens is 738 g/mol. The fraction of sp³-hybridized carbons (Fsp3) is 0.432. The number of carbonyl (C=O) groups is 4. The first-order valence-electron chi connectivity index (χ1n) is 18.3. The van der Waals surface area contributed by atoms with Crippen molar-refractivity contribution in [1.29, 1.82) is 0 Å². The Morgan fingerprint density at radius 2 is 1.62 bits per heavy atom. The number of nitrogens with one attached hydrogen (secondary N) is 2. The number of nitrogens with zero attached hydrogens (tertiary/aromatic N) is 5. The number of fused-ring (bicyclic) bond motifs is 2. The number of rotatable bonds is 7. The monoisotopic (exact) mass is 777 g/mol. The molecule has 3 aromatic carbocycles. The van der Waals surface area contributed by atoms with E-state index in [-0.39, 0.29) is 53.5 Å². The van der Waals surface area contributed by atoms with Gasteiger partial charge in [0.15, 0.2) is 12.4 Å². The average molecular weight is 778 g/mol. The van der Waals surface area contributed by atoms with Gasteiger partial charge in [0.1, 0.15) is 29.8 Å². The molecule has 4 saturated heterocycles. The molecule has 1 atom stereocenters. The number of halogens is 1. The van der Waals surface area contributed by atoms with Gasteiger partial charge in [0, 0.05) is 50.7 Å². The maximum atomic E-state index is 15.6. The van der Waals surface area contributed by atoms with Gasteiger partial charge in [0.2, 0.25) is 11.8 Å². The van der Waals surface area contributed by atoms with E-state index in [9.17, 15) is 37.5 Å². The van der Waals surface area contributed by atoms with Gasteiger partial charge in [0.25, 0.3) is 11.8 Å². The highest BCUT2D eigenvalue weighted by atomic mass is 32.2. The molecule has 8 rings (SSSR count). The molecule has 18 heteroatoms. The lowest BCUT2D eigenvalue weighted by molar-refractivity contribution is -0.136. The number of imide groups is 1. The molecule has 3 N–H and O–H groups in total. The van der Waals surface area contributed by atoms with E-state index in [0.717, 1.165) is 50.0 Å². The highest BCUT2D eigenvalue weighted by Gasteiger charge is 2.38. The summed E-state index contributed by atoms with van der Waals surface area (Å²) in [6, 6.07) is 10.7. The van der Waals surface area contributed by atoms with Crippen molar-refractivity contribution in [3.63, 3.8) is 0 Å². The third-order valence-corrected chi connectivity index (χ3v) is 12.9. The van der Waals surface area contributed by atoms with Crippen LogP contribution in [-0.2, 0) is 36.4 Å². The van der Waals surface area contributed by atoms with Crippen LogP contribution in [0.25, 0.3) is 21.8 Å². The quantitative estimate of drug-likeness (QED) is 0.234. The Hall–Kier alpha value is -5.65. The molecule has 1 unspecified atom stereocenters. The second kappa shape index (κ2) is 13.9. The van der Waals surface area contributed by atoms with Gasteiger partial charge in [-0.1, -0.05) is 6.07 Å². The Labute approximate surface area is 314 Å². The molecule has 0 saturated carbocycles. The van der Waals surface area contributed by atoms with Crippen LogP contribution in [0.3, 0.4) is 0 Å². The van der Waals surface area contributed by atoms with Crippen molar-refractivity contribution in [2.75, 3.05) is 48.5 Å². The average Bonchev–Trinajstić information content (AvgIpc) is 3.58. The van der Waals surface area contributed by atoms with Gasteiger partial charge in [-0.3, -0.25) is 33.6 Å². The maximum Gasteiger partial charge on any atom is 0.329 e. The van der Waals surface area contributed by atoms with Gasteiger partial charge in [-0.2, -0.15) is 8.42 Å². The molecule has 4 aromatic rings. The summed E-state index contributed by atoms with van der Waals surface area (Å²) in [5.41, 5.74) is 1.44. The first kappa shape index (κ1) is 36.3. The molecule has 0 radical (unpaired) electrons. The van der Waals surface area contributed by atoms with Crippen LogP contribution in [0.5, 0.6) is 11.5 Å². The summed E-state index contributed by atoms with van der Waals surface area (Å²) < 4.78 is 51.2. The van der Waals surface area contributed by atoms with E-state index in [1.807, 2.05) is 18.2 Å². The number of amides is 4. The van der Waals surface area contributed by atoms with Crippen LogP contribution in [0.1, 0.15) is 44.6 Å². The number of aromatic nitrogens is 2. The summed E-state index contributed by atoms with van der Waals surface area (Å²) >= 11 is 0. The van der Waals surface area contributed by atoms with Crippen molar-refractivity contribution in [2.45, 2.75) is 44.6 Å². The maximum absolute atomic E-state index is 15.6. The molecule has 55 heavy (non-hydrogen) atoms. The lowest BCUT2D eigenvalue weighted by atomic mass is 9.78. The van der Waals surface area contributed by atoms with Crippen molar-refractivity contribution >= 4 is 67.0 Å². The van der Waals surface area contributed by atoms with E-state index >= 15 is 4.39 Å². The van der Waals surface area contributed by atoms with Gasteiger partial charge < -0.3 is 19.6 Å². The Morgan fingerprint density at radius 1 is 0.909 bits per heavy atom. The second-order valence-corrected chi connectivity index (χ2v) is 16.3.